The number of nitrogens with zero attached hydrogens (tertiary/aromatic N) is 2. The molecule has 4 heteroatoms. The number of aromatic nitrogens is 2. The fourth-order valence-electron chi connectivity index (χ4n) is 7.64. The van der Waals surface area contributed by atoms with Crippen LogP contribution in [0.3, 0.4) is 0 Å². The summed E-state index contributed by atoms with van der Waals surface area (Å²) < 4.78 is 14.9. The van der Waals surface area contributed by atoms with Crippen LogP contribution < -0.4 is 0 Å². The Labute approximate surface area is 256 Å². The predicted molar refractivity (Wildman–Crippen MR) is 183 cm³/mol. The number of benzene rings is 7. The molecule has 0 spiro atoms. The molecule has 0 unspecified atom stereocenters. The van der Waals surface area contributed by atoms with Gasteiger partial charge in [-0.1, -0.05) is 72.8 Å². The Balaban J connectivity index is 1.21. The van der Waals surface area contributed by atoms with Crippen LogP contribution >= 0.6 is 0 Å². The maximum absolute atomic E-state index is 6.33. The lowest BCUT2D eigenvalue weighted by atomic mass is 9.93. The zero-order chi connectivity index (χ0) is 29.2. The summed E-state index contributed by atoms with van der Waals surface area (Å²) in [6.45, 7) is 0. The number of oxazole rings is 1. The summed E-state index contributed by atoms with van der Waals surface area (Å²) >= 11 is 0. The first-order valence-electron chi connectivity index (χ1n) is 15.2. The molecule has 1 aliphatic rings. The highest BCUT2D eigenvalue weighted by Gasteiger charge is 2.24. The summed E-state index contributed by atoms with van der Waals surface area (Å²) in [5, 5.41) is 7.27. The zero-order valence-corrected chi connectivity index (χ0v) is 23.9. The number of hydrogen-bond acceptors (Lipinski definition) is 3. The smallest absolute Gasteiger partial charge is 0.227 e. The summed E-state index contributed by atoms with van der Waals surface area (Å²) in [6, 6.07) is 47.3. The molecule has 0 amide bonds. The number of hydrogen-bond donors (Lipinski definition) is 0. The molecule has 1 aliphatic carbocycles. The van der Waals surface area contributed by atoms with E-state index in [0.717, 1.165) is 44.3 Å². The molecule has 0 aliphatic heterocycles. The molecule has 7 aromatic carbocycles. The van der Waals surface area contributed by atoms with Gasteiger partial charge in [0, 0.05) is 32.8 Å². The van der Waals surface area contributed by atoms with Gasteiger partial charge in [0.2, 0.25) is 5.89 Å². The van der Waals surface area contributed by atoms with Crippen LogP contribution in [0.1, 0.15) is 0 Å². The molecule has 0 fully saturated rings. The Morgan fingerprint density at radius 1 is 0.467 bits per heavy atom. The third-order valence-electron chi connectivity index (χ3n) is 9.56. The van der Waals surface area contributed by atoms with Gasteiger partial charge in [0.25, 0.3) is 0 Å². The maximum Gasteiger partial charge on any atom is 0.227 e. The molecule has 0 saturated heterocycles. The van der Waals surface area contributed by atoms with Crippen molar-refractivity contribution in [3.63, 3.8) is 0 Å². The van der Waals surface area contributed by atoms with E-state index in [9.17, 15) is 0 Å². The van der Waals surface area contributed by atoms with Crippen molar-refractivity contribution in [2.45, 2.75) is 0 Å². The third kappa shape index (κ3) is 3.03. The van der Waals surface area contributed by atoms with E-state index < -0.39 is 0 Å². The quantitative estimate of drug-likeness (QED) is 0.206. The van der Waals surface area contributed by atoms with Crippen LogP contribution in [0.4, 0.5) is 0 Å². The molecule has 0 radical (unpaired) electrons. The third-order valence-corrected chi connectivity index (χ3v) is 9.56. The number of para-hydroxylation sites is 2. The van der Waals surface area contributed by atoms with Gasteiger partial charge in [-0.2, -0.15) is 0 Å². The van der Waals surface area contributed by atoms with Crippen molar-refractivity contribution in [1.29, 1.82) is 0 Å². The van der Waals surface area contributed by atoms with Gasteiger partial charge in [-0.05, 0) is 93.7 Å². The summed E-state index contributed by atoms with van der Waals surface area (Å²) in [6.07, 6.45) is 0. The molecular weight excluding hydrogens is 552 g/mol. The van der Waals surface area contributed by atoms with E-state index in [1.165, 1.54) is 54.8 Å². The van der Waals surface area contributed by atoms with Crippen molar-refractivity contribution in [3.05, 3.63) is 133 Å². The van der Waals surface area contributed by atoms with Crippen LogP contribution in [0.2, 0.25) is 0 Å². The molecule has 3 heterocycles. The van der Waals surface area contributed by atoms with E-state index in [0.29, 0.717) is 5.89 Å². The predicted octanol–water partition coefficient (Wildman–Crippen LogP) is 11.3. The largest absolute Gasteiger partial charge is 0.456 e. The van der Waals surface area contributed by atoms with Crippen LogP contribution in [-0.2, 0) is 0 Å². The second-order valence-corrected chi connectivity index (χ2v) is 11.9. The Kier molecular flexibility index (Phi) is 4.29. The highest BCUT2D eigenvalue weighted by Crippen LogP contribution is 2.49. The summed E-state index contributed by atoms with van der Waals surface area (Å²) in [7, 11) is 0. The fourth-order valence-corrected chi connectivity index (χ4v) is 7.64. The molecule has 3 aromatic heterocycles. The van der Waals surface area contributed by atoms with Gasteiger partial charge in [-0.15, -0.1) is 0 Å². The highest BCUT2D eigenvalue weighted by atomic mass is 16.3. The normalized spacial score (nSPS) is 12.4. The number of furan rings is 1. The average molecular weight is 575 g/mol. The van der Waals surface area contributed by atoms with Crippen molar-refractivity contribution in [3.8, 4) is 39.4 Å². The van der Waals surface area contributed by atoms with Gasteiger partial charge in [-0.3, -0.25) is 0 Å². The first-order chi connectivity index (χ1) is 22.3. The van der Waals surface area contributed by atoms with Gasteiger partial charge in [0.05, 0.1) is 11.0 Å². The lowest BCUT2D eigenvalue weighted by molar-refractivity contribution is 0.620. The van der Waals surface area contributed by atoms with Crippen molar-refractivity contribution in [2.75, 3.05) is 0 Å². The topological polar surface area (TPSA) is 44.1 Å². The van der Waals surface area contributed by atoms with E-state index in [1.54, 1.807) is 0 Å². The first kappa shape index (κ1) is 23.3. The van der Waals surface area contributed by atoms with E-state index in [4.69, 9.17) is 13.8 Å². The minimum absolute atomic E-state index is 0.607. The van der Waals surface area contributed by atoms with Gasteiger partial charge in [0.1, 0.15) is 16.7 Å². The molecule has 208 valence electrons. The summed E-state index contributed by atoms with van der Waals surface area (Å²) in [4.78, 5) is 4.74. The molecule has 0 N–H and O–H groups in total. The molecular formula is C41H22N2O2. The molecule has 10 aromatic rings. The standard InChI is InChI=1S/C41H22N2O2/c1-2-9-27-26(8-1)28-10-5-7-23-15-18-34-40(38(23)28)39-29(27)11-6-13-33(39)43(34)25-17-20-36-31(22-25)30-21-24(16-19-35(30)44-36)41-42-32-12-3-4-14-37(32)45-41/h1-22H. The van der Waals surface area contributed by atoms with Crippen molar-refractivity contribution in [1.82, 2.24) is 9.55 Å². The molecule has 4 nitrogen and oxygen atoms in total. The Hall–Kier alpha value is -6.13. The van der Waals surface area contributed by atoms with E-state index in [1.807, 2.05) is 36.4 Å². The van der Waals surface area contributed by atoms with Gasteiger partial charge in [0.15, 0.2) is 5.58 Å². The lowest BCUT2D eigenvalue weighted by Crippen LogP contribution is -1.94. The van der Waals surface area contributed by atoms with Crippen molar-refractivity contribution >= 4 is 65.6 Å². The van der Waals surface area contributed by atoms with Crippen LogP contribution in [0, 0.1) is 0 Å². The second-order valence-electron chi connectivity index (χ2n) is 11.9. The zero-order valence-electron chi connectivity index (χ0n) is 23.9. The monoisotopic (exact) mass is 574 g/mol. The lowest BCUT2D eigenvalue weighted by Gasteiger charge is -2.13. The SMILES string of the molecule is c1ccc2c(c1)-c1cccc3ccc4c(c13)c1c-2cccc1n4-c1ccc2oc3ccc(-c4nc5ccccc5o4)cc3c2c1. The Bertz CT molecular complexity index is 2850. The molecule has 0 saturated carbocycles. The number of rotatable bonds is 2. The average Bonchev–Trinajstić information content (AvgIpc) is 3.76. The van der Waals surface area contributed by atoms with Gasteiger partial charge < -0.3 is 13.4 Å². The van der Waals surface area contributed by atoms with Gasteiger partial charge >= 0.3 is 0 Å². The van der Waals surface area contributed by atoms with Crippen molar-refractivity contribution < 1.29 is 8.83 Å². The van der Waals surface area contributed by atoms with Crippen LogP contribution in [0.5, 0.6) is 0 Å². The molecule has 0 bridgehead atoms. The maximum atomic E-state index is 6.33. The summed E-state index contributed by atoms with van der Waals surface area (Å²) in [5.74, 6) is 0.607. The molecule has 0 atom stereocenters. The Morgan fingerprint density at radius 3 is 2.04 bits per heavy atom. The summed E-state index contributed by atoms with van der Waals surface area (Å²) in [5.41, 5.74) is 12.9. The number of fused-ring (bicyclic) bond motifs is 7. The van der Waals surface area contributed by atoms with Crippen LogP contribution in [-0.4, -0.2) is 9.55 Å². The van der Waals surface area contributed by atoms with E-state index in [2.05, 4.69) is 102 Å². The van der Waals surface area contributed by atoms with Gasteiger partial charge in [-0.25, -0.2) is 4.98 Å². The first-order valence-corrected chi connectivity index (χ1v) is 15.2. The second kappa shape index (κ2) is 8.28. The van der Waals surface area contributed by atoms with Crippen LogP contribution in [0.25, 0.3) is 105 Å². The molecule has 45 heavy (non-hydrogen) atoms. The van der Waals surface area contributed by atoms with E-state index >= 15 is 0 Å². The minimum Gasteiger partial charge on any atom is -0.456 e. The van der Waals surface area contributed by atoms with Crippen LogP contribution in [0.15, 0.2) is 142 Å². The molecule has 11 rings (SSSR count). The van der Waals surface area contributed by atoms with E-state index in [-0.39, 0.29) is 0 Å². The fraction of sp³-hybridized carbons (Fsp3) is 0. The highest BCUT2D eigenvalue weighted by molar-refractivity contribution is 6.30. The Morgan fingerprint density at radius 2 is 1.18 bits per heavy atom. The minimum atomic E-state index is 0.607. The van der Waals surface area contributed by atoms with Crippen molar-refractivity contribution in [2.24, 2.45) is 0 Å².